The largest absolute Gasteiger partial charge is 0.506 e. The molecule has 172 valence electrons. The maximum atomic E-state index is 10.7. The summed E-state index contributed by atoms with van der Waals surface area (Å²) < 4.78 is 2.33. The van der Waals surface area contributed by atoms with Crippen molar-refractivity contribution in [3.8, 4) is 11.4 Å². The fourth-order valence-electron chi connectivity index (χ4n) is 5.08. The van der Waals surface area contributed by atoms with E-state index in [1.807, 2.05) is 41.3 Å². The van der Waals surface area contributed by atoms with Crippen molar-refractivity contribution in [1.82, 2.24) is 14.9 Å². The fraction of sp³-hybridized carbons (Fsp3) is 0.214. The molecule has 2 N–H and O–H groups in total. The average Bonchev–Trinajstić information content (AvgIpc) is 3.35. The maximum Gasteiger partial charge on any atom is 0.174 e. The second kappa shape index (κ2) is 8.95. The highest BCUT2D eigenvalue weighted by molar-refractivity contribution is 7.80. The topological polar surface area (TPSA) is 53.3 Å². The number of anilines is 1. The molecule has 1 aliphatic heterocycles. The Kier molecular flexibility index (Phi) is 5.84. The zero-order chi connectivity index (χ0) is 23.8. The van der Waals surface area contributed by atoms with Crippen LogP contribution >= 0.6 is 12.2 Å². The number of para-hydroxylation sites is 3. The number of nitrogens with zero attached hydrogens (tertiary/aromatic N) is 3. The molecule has 5 rings (SSSR count). The summed E-state index contributed by atoms with van der Waals surface area (Å²) in [6.07, 6.45) is 2.76. The Hall–Kier alpha value is -3.64. The zero-order valence-electron chi connectivity index (χ0n) is 19.6. The monoisotopic (exact) mass is 468 g/mol. The van der Waals surface area contributed by atoms with Crippen LogP contribution in [0.4, 0.5) is 5.69 Å². The first-order valence-electron chi connectivity index (χ1n) is 11.6. The standard InChI is InChI=1S/C28H28N4OS/c1-4-20-11-5-6-13-23(20)31-18(2)17-21(19(31)3)27-26(22-12-9-10-16-29-22)30-28(34)32(27)24-14-7-8-15-25(24)33/h5-17,26-27,33H,4H2,1-3H3,(H,30,34)/t26-,27-/m0/s1. The van der Waals surface area contributed by atoms with Crippen molar-refractivity contribution >= 4 is 23.0 Å². The molecule has 5 nitrogen and oxygen atoms in total. The summed E-state index contributed by atoms with van der Waals surface area (Å²) in [6, 6.07) is 23.7. The number of phenols is 1. The average molecular weight is 469 g/mol. The number of phenolic OH excluding ortho intramolecular Hbond substituents is 1. The molecule has 0 radical (unpaired) electrons. The van der Waals surface area contributed by atoms with E-state index in [2.05, 4.69) is 66.0 Å². The Labute approximate surface area is 205 Å². The summed E-state index contributed by atoms with van der Waals surface area (Å²) in [6.45, 7) is 6.49. The molecule has 1 saturated heterocycles. The van der Waals surface area contributed by atoms with Crippen LogP contribution in [0.5, 0.6) is 5.75 Å². The van der Waals surface area contributed by atoms with Crippen molar-refractivity contribution in [1.29, 1.82) is 0 Å². The quantitative estimate of drug-likeness (QED) is 0.355. The SMILES string of the molecule is CCc1ccccc1-n1c(C)cc([C@H]2[C@H](c3ccccn3)NC(=S)N2c2ccccc2O)c1C. The van der Waals surface area contributed by atoms with E-state index in [-0.39, 0.29) is 17.8 Å². The Morgan fingerprint density at radius 3 is 2.38 bits per heavy atom. The lowest BCUT2D eigenvalue weighted by Crippen LogP contribution is -2.29. The van der Waals surface area contributed by atoms with E-state index in [4.69, 9.17) is 12.2 Å². The van der Waals surface area contributed by atoms with E-state index in [1.165, 1.54) is 11.3 Å². The van der Waals surface area contributed by atoms with Crippen LogP contribution < -0.4 is 10.2 Å². The Morgan fingerprint density at radius 2 is 1.68 bits per heavy atom. The van der Waals surface area contributed by atoms with Crippen molar-refractivity contribution < 1.29 is 5.11 Å². The van der Waals surface area contributed by atoms with Crippen LogP contribution in [0.15, 0.2) is 79.0 Å². The van der Waals surface area contributed by atoms with Gasteiger partial charge in [-0.25, -0.2) is 0 Å². The van der Waals surface area contributed by atoms with Gasteiger partial charge in [0.05, 0.1) is 23.5 Å². The van der Waals surface area contributed by atoms with E-state index in [1.54, 1.807) is 12.3 Å². The first-order chi connectivity index (χ1) is 16.5. The van der Waals surface area contributed by atoms with Gasteiger partial charge in [-0.3, -0.25) is 4.98 Å². The van der Waals surface area contributed by atoms with Crippen molar-refractivity contribution in [3.63, 3.8) is 0 Å². The van der Waals surface area contributed by atoms with Crippen molar-refractivity contribution in [2.24, 2.45) is 0 Å². The normalized spacial score (nSPS) is 17.7. The highest BCUT2D eigenvalue weighted by Crippen LogP contribution is 2.45. The predicted octanol–water partition coefficient (Wildman–Crippen LogP) is 5.93. The molecule has 0 bridgehead atoms. The van der Waals surface area contributed by atoms with E-state index in [9.17, 15) is 5.11 Å². The molecule has 0 amide bonds. The van der Waals surface area contributed by atoms with E-state index in [0.29, 0.717) is 10.8 Å². The highest BCUT2D eigenvalue weighted by atomic mass is 32.1. The number of thiocarbonyl (C=S) groups is 1. The molecule has 4 aromatic rings. The second-order valence-electron chi connectivity index (χ2n) is 8.63. The van der Waals surface area contributed by atoms with Gasteiger partial charge in [0.2, 0.25) is 0 Å². The number of nitrogens with one attached hydrogen (secondary N) is 1. The third kappa shape index (κ3) is 3.64. The maximum absolute atomic E-state index is 10.7. The lowest BCUT2D eigenvalue weighted by atomic mass is 9.96. The number of aromatic nitrogens is 2. The van der Waals surface area contributed by atoms with Gasteiger partial charge in [0, 0.05) is 23.3 Å². The molecular weight excluding hydrogens is 440 g/mol. The summed E-state index contributed by atoms with van der Waals surface area (Å²) >= 11 is 5.82. The van der Waals surface area contributed by atoms with Gasteiger partial charge in [0.1, 0.15) is 5.75 Å². The Balaban J connectivity index is 1.71. The molecule has 1 aliphatic rings. The lowest BCUT2D eigenvalue weighted by molar-refractivity contribution is 0.472. The van der Waals surface area contributed by atoms with Gasteiger partial charge >= 0.3 is 0 Å². The lowest BCUT2D eigenvalue weighted by Gasteiger charge is -2.28. The first-order valence-corrected chi connectivity index (χ1v) is 12.0. The summed E-state index contributed by atoms with van der Waals surface area (Å²) in [5.41, 5.74) is 7.54. The van der Waals surface area contributed by atoms with Crippen molar-refractivity contribution in [2.75, 3.05) is 4.90 Å². The first kappa shape index (κ1) is 22.2. The third-order valence-electron chi connectivity index (χ3n) is 6.64. The van der Waals surface area contributed by atoms with Crippen LogP contribution in [0.1, 0.15) is 47.2 Å². The minimum Gasteiger partial charge on any atom is -0.506 e. The van der Waals surface area contributed by atoms with Gasteiger partial charge in [-0.2, -0.15) is 0 Å². The van der Waals surface area contributed by atoms with E-state index < -0.39 is 0 Å². The van der Waals surface area contributed by atoms with Gasteiger partial charge in [0.15, 0.2) is 5.11 Å². The summed E-state index contributed by atoms with van der Waals surface area (Å²) in [5, 5.41) is 14.8. The highest BCUT2D eigenvalue weighted by Gasteiger charge is 2.43. The van der Waals surface area contributed by atoms with Crippen LogP contribution in [-0.4, -0.2) is 19.8 Å². The minimum atomic E-state index is -0.176. The fourth-order valence-corrected chi connectivity index (χ4v) is 5.42. The van der Waals surface area contributed by atoms with Crippen LogP contribution in [0.25, 0.3) is 5.69 Å². The number of pyridine rings is 1. The molecule has 2 atom stereocenters. The van der Waals surface area contributed by atoms with Gasteiger partial charge in [-0.1, -0.05) is 43.3 Å². The molecule has 34 heavy (non-hydrogen) atoms. The number of rotatable bonds is 5. The number of hydrogen-bond donors (Lipinski definition) is 2. The molecular formula is C28H28N4OS. The summed E-state index contributed by atoms with van der Waals surface area (Å²) in [4.78, 5) is 6.68. The summed E-state index contributed by atoms with van der Waals surface area (Å²) in [7, 11) is 0. The van der Waals surface area contributed by atoms with Gasteiger partial charge < -0.3 is 19.9 Å². The van der Waals surface area contributed by atoms with E-state index in [0.717, 1.165) is 29.1 Å². The molecule has 2 aromatic heterocycles. The molecule has 0 saturated carbocycles. The second-order valence-corrected chi connectivity index (χ2v) is 9.02. The van der Waals surface area contributed by atoms with Crippen molar-refractivity contribution in [2.45, 2.75) is 39.3 Å². The van der Waals surface area contributed by atoms with Crippen LogP contribution in [0.3, 0.4) is 0 Å². The van der Waals surface area contributed by atoms with Gasteiger partial charge in [0.25, 0.3) is 0 Å². The van der Waals surface area contributed by atoms with Crippen LogP contribution in [0.2, 0.25) is 0 Å². The predicted molar refractivity (Wildman–Crippen MR) is 141 cm³/mol. The van der Waals surface area contributed by atoms with Crippen LogP contribution in [0, 0.1) is 13.8 Å². The Morgan fingerprint density at radius 1 is 0.971 bits per heavy atom. The van der Waals surface area contributed by atoms with E-state index >= 15 is 0 Å². The molecule has 0 spiro atoms. The zero-order valence-corrected chi connectivity index (χ0v) is 20.4. The molecule has 0 aliphatic carbocycles. The number of aryl methyl sites for hydroxylation is 2. The minimum absolute atomic E-state index is 0.163. The van der Waals surface area contributed by atoms with Crippen LogP contribution in [-0.2, 0) is 6.42 Å². The van der Waals surface area contributed by atoms with Crippen molar-refractivity contribution in [3.05, 3.63) is 107 Å². The Bertz CT molecular complexity index is 1350. The molecule has 6 heteroatoms. The molecule has 1 fully saturated rings. The van der Waals surface area contributed by atoms with Gasteiger partial charge in [-0.05, 0) is 80.0 Å². The molecule has 2 aromatic carbocycles. The summed E-state index contributed by atoms with van der Waals surface area (Å²) in [5.74, 6) is 0.198. The third-order valence-corrected chi connectivity index (χ3v) is 6.96. The molecule has 0 unspecified atom stereocenters. The smallest absolute Gasteiger partial charge is 0.174 e. The van der Waals surface area contributed by atoms with Gasteiger partial charge in [-0.15, -0.1) is 0 Å². The number of benzene rings is 2. The number of aromatic hydroxyl groups is 1. The number of hydrogen-bond acceptors (Lipinski definition) is 3. The molecule has 3 heterocycles.